The zero-order chi connectivity index (χ0) is 17.0. The van der Waals surface area contributed by atoms with Crippen LogP contribution in [0.3, 0.4) is 0 Å². The topological polar surface area (TPSA) is 37.4 Å². The average molecular weight is 352 g/mol. The van der Waals surface area contributed by atoms with Crippen LogP contribution in [0.25, 0.3) is 10.8 Å². The molecule has 0 radical (unpaired) electrons. The minimum atomic E-state index is -3.20. The van der Waals surface area contributed by atoms with Crippen molar-refractivity contribution in [3.8, 4) is 0 Å². The highest BCUT2D eigenvalue weighted by molar-refractivity contribution is 7.90. The van der Waals surface area contributed by atoms with Gasteiger partial charge in [-0.05, 0) is 55.3 Å². The predicted octanol–water partition coefficient (Wildman–Crippen LogP) is 4.18. The van der Waals surface area contributed by atoms with Crippen molar-refractivity contribution >= 4 is 37.9 Å². The lowest BCUT2D eigenvalue weighted by molar-refractivity contribution is 0.507. The smallest absolute Gasteiger partial charge is 0.175 e. The minimum Gasteiger partial charge on any atom is -0.366 e. The number of rotatable bonds is 2. The van der Waals surface area contributed by atoms with E-state index >= 15 is 0 Å². The van der Waals surface area contributed by atoms with Gasteiger partial charge in [0.15, 0.2) is 9.84 Å². The van der Waals surface area contributed by atoms with Crippen LogP contribution < -0.4 is 4.90 Å². The lowest BCUT2D eigenvalue weighted by Gasteiger charge is -2.34. The molecular formula is C18H22ClNO2S. The molecule has 124 valence electrons. The Morgan fingerprint density at radius 1 is 1.22 bits per heavy atom. The first kappa shape index (κ1) is 16.6. The van der Waals surface area contributed by atoms with Gasteiger partial charge in [0.1, 0.15) is 0 Å². The second-order valence-corrected chi connectivity index (χ2v) is 9.61. The van der Waals surface area contributed by atoms with Crippen molar-refractivity contribution in [3.05, 3.63) is 35.9 Å². The minimum absolute atomic E-state index is 0.0237. The Kier molecular flexibility index (Phi) is 3.88. The third-order valence-corrected chi connectivity index (χ3v) is 6.02. The number of sulfone groups is 1. The highest BCUT2D eigenvalue weighted by atomic mass is 35.5. The van der Waals surface area contributed by atoms with E-state index in [1.807, 2.05) is 12.1 Å². The zero-order valence-corrected chi connectivity index (χ0v) is 15.5. The molecule has 2 aromatic carbocycles. The quantitative estimate of drug-likeness (QED) is 0.761. The van der Waals surface area contributed by atoms with Gasteiger partial charge in [-0.15, -0.1) is 11.6 Å². The van der Waals surface area contributed by atoms with Crippen LogP contribution in [0.1, 0.15) is 32.3 Å². The number of fused-ring (bicyclic) bond motifs is 3. The summed E-state index contributed by atoms with van der Waals surface area (Å²) in [6.07, 6.45) is 1.24. The summed E-state index contributed by atoms with van der Waals surface area (Å²) in [4.78, 5) is 2.75. The summed E-state index contributed by atoms with van der Waals surface area (Å²) in [5.41, 5.74) is 2.48. The van der Waals surface area contributed by atoms with Gasteiger partial charge in [0.05, 0.1) is 4.90 Å². The van der Waals surface area contributed by atoms with Crippen molar-refractivity contribution in [2.75, 3.05) is 23.6 Å². The summed E-state index contributed by atoms with van der Waals surface area (Å²) in [5.74, 6) is 0.825. The maximum Gasteiger partial charge on any atom is 0.175 e. The number of anilines is 1. The molecule has 0 bridgehead atoms. The lowest BCUT2D eigenvalue weighted by atomic mass is 9.96. The summed E-state index contributed by atoms with van der Waals surface area (Å²) in [6.45, 7) is 7.49. The van der Waals surface area contributed by atoms with Gasteiger partial charge in [-0.1, -0.05) is 12.1 Å². The molecule has 0 fully saturated rings. The Balaban J connectivity index is 2.25. The van der Waals surface area contributed by atoms with Gasteiger partial charge < -0.3 is 4.90 Å². The van der Waals surface area contributed by atoms with E-state index in [4.69, 9.17) is 11.6 Å². The molecule has 3 rings (SSSR count). The fourth-order valence-corrected chi connectivity index (χ4v) is 4.29. The number of hydrogen-bond donors (Lipinski definition) is 0. The van der Waals surface area contributed by atoms with Crippen LogP contribution in [0.15, 0.2) is 35.2 Å². The molecule has 0 aliphatic carbocycles. The van der Waals surface area contributed by atoms with Crippen LogP contribution in [0.5, 0.6) is 0 Å². The molecule has 1 aliphatic rings. The third-order valence-electron chi connectivity index (χ3n) is 4.54. The molecule has 0 aromatic heterocycles. The van der Waals surface area contributed by atoms with E-state index in [-0.39, 0.29) is 11.5 Å². The Hall–Kier alpha value is -1.26. The molecule has 1 unspecified atom stereocenters. The molecule has 2 aromatic rings. The SMILES string of the molecule is CC(C)(C)N1CC(CCl)c2c1ccc1cc(S(C)(=O)=O)ccc21. The summed E-state index contributed by atoms with van der Waals surface area (Å²) in [7, 11) is -3.20. The van der Waals surface area contributed by atoms with E-state index in [0.29, 0.717) is 10.8 Å². The first-order valence-corrected chi connectivity index (χ1v) is 10.2. The maximum absolute atomic E-state index is 11.8. The zero-order valence-electron chi connectivity index (χ0n) is 13.9. The standard InChI is InChI=1S/C18H22ClNO2S/c1-18(2,3)20-11-13(10-19)17-15-7-6-14(23(4,21)22)9-12(15)5-8-16(17)20/h5-9,13H,10-11H2,1-4H3. The van der Waals surface area contributed by atoms with Gasteiger partial charge in [-0.3, -0.25) is 0 Å². The highest BCUT2D eigenvalue weighted by Gasteiger charge is 2.35. The number of halogens is 1. The number of hydrogen-bond acceptors (Lipinski definition) is 3. The maximum atomic E-state index is 11.8. The van der Waals surface area contributed by atoms with Gasteiger partial charge in [0.25, 0.3) is 0 Å². The van der Waals surface area contributed by atoms with Crippen LogP contribution in [-0.2, 0) is 9.84 Å². The van der Waals surface area contributed by atoms with E-state index in [2.05, 4.69) is 31.7 Å². The molecule has 0 spiro atoms. The first-order valence-electron chi connectivity index (χ1n) is 7.73. The fraction of sp³-hybridized carbons (Fsp3) is 0.444. The monoisotopic (exact) mass is 351 g/mol. The van der Waals surface area contributed by atoms with Gasteiger partial charge in [0, 0.05) is 35.8 Å². The fourth-order valence-electron chi connectivity index (χ4n) is 3.39. The van der Waals surface area contributed by atoms with E-state index in [1.54, 1.807) is 12.1 Å². The lowest BCUT2D eigenvalue weighted by Crippen LogP contribution is -2.40. The second-order valence-electron chi connectivity index (χ2n) is 7.29. The Bertz CT molecular complexity index is 868. The van der Waals surface area contributed by atoms with Crippen molar-refractivity contribution in [2.45, 2.75) is 37.1 Å². The van der Waals surface area contributed by atoms with Crippen molar-refractivity contribution in [3.63, 3.8) is 0 Å². The molecule has 3 nitrogen and oxygen atoms in total. The van der Waals surface area contributed by atoms with Crippen molar-refractivity contribution in [1.29, 1.82) is 0 Å². The van der Waals surface area contributed by atoms with Crippen LogP contribution in [0.4, 0.5) is 5.69 Å². The average Bonchev–Trinajstić information content (AvgIpc) is 2.84. The molecule has 1 aliphatic heterocycles. The molecular weight excluding hydrogens is 330 g/mol. The third kappa shape index (κ3) is 2.83. The van der Waals surface area contributed by atoms with Crippen molar-refractivity contribution in [2.24, 2.45) is 0 Å². The number of benzene rings is 2. The number of alkyl halides is 1. The highest BCUT2D eigenvalue weighted by Crippen LogP contribution is 2.44. The summed E-state index contributed by atoms with van der Waals surface area (Å²) >= 11 is 6.23. The van der Waals surface area contributed by atoms with Crippen LogP contribution >= 0.6 is 11.6 Å². The van der Waals surface area contributed by atoms with E-state index in [9.17, 15) is 8.42 Å². The normalized spacial score (nSPS) is 18.5. The largest absolute Gasteiger partial charge is 0.366 e. The van der Waals surface area contributed by atoms with Crippen LogP contribution in [-0.4, -0.2) is 32.6 Å². The summed E-state index contributed by atoms with van der Waals surface area (Å²) < 4.78 is 23.6. The molecule has 23 heavy (non-hydrogen) atoms. The first-order chi connectivity index (χ1) is 10.6. The van der Waals surface area contributed by atoms with Gasteiger partial charge in [0.2, 0.25) is 0 Å². The van der Waals surface area contributed by atoms with Gasteiger partial charge in [-0.25, -0.2) is 8.42 Å². The summed E-state index contributed by atoms with van der Waals surface area (Å²) in [5, 5.41) is 2.06. The van der Waals surface area contributed by atoms with Gasteiger partial charge >= 0.3 is 0 Å². The Morgan fingerprint density at radius 3 is 2.48 bits per heavy atom. The molecule has 0 N–H and O–H groups in total. The van der Waals surface area contributed by atoms with Gasteiger partial charge in [-0.2, -0.15) is 0 Å². The van der Waals surface area contributed by atoms with E-state index in [0.717, 1.165) is 17.3 Å². The molecule has 0 amide bonds. The summed E-state index contributed by atoms with van der Waals surface area (Å²) in [6, 6.07) is 9.49. The molecule has 0 saturated carbocycles. The van der Waals surface area contributed by atoms with Crippen molar-refractivity contribution in [1.82, 2.24) is 0 Å². The van der Waals surface area contributed by atoms with E-state index in [1.165, 1.54) is 17.5 Å². The predicted molar refractivity (Wildman–Crippen MR) is 97.6 cm³/mol. The van der Waals surface area contributed by atoms with E-state index < -0.39 is 9.84 Å². The Morgan fingerprint density at radius 2 is 1.91 bits per heavy atom. The molecule has 1 heterocycles. The second kappa shape index (κ2) is 5.38. The molecule has 5 heteroatoms. The van der Waals surface area contributed by atoms with Crippen LogP contribution in [0, 0.1) is 0 Å². The van der Waals surface area contributed by atoms with Crippen molar-refractivity contribution < 1.29 is 8.42 Å². The molecule has 0 saturated heterocycles. The Labute approximate surface area is 143 Å². The number of nitrogens with zero attached hydrogens (tertiary/aromatic N) is 1. The molecule has 1 atom stereocenters. The van der Waals surface area contributed by atoms with Crippen LogP contribution in [0.2, 0.25) is 0 Å².